The number of nitrogens with two attached hydrogens (primary N) is 1. The predicted molar refractivity (Wildman–Crippen MR) is 109 cm³/mol. The first kappa shape index (κ1) is 19.2. The van der Waals surface area contributed by atoms with E-state index in [1.165, 1.54) is 6.33 Å². The number of ether oxygens (including phenoxy) is 4. The van der Waals surface area contributed by atoms with E-state index >= 15 is 0 Å². The molecule has 4 rings (SSSR count). The van der Waals surface area contributed by atoms with Crippen molar-refractivity contribution >= 4 is 16.7 Å². The van der Waals surface area contributed by atoms with Gasteiger partial charge in [-0.15, -0.1) is 0 Å². The van der Waals surface area contributed by atoms with Crippen LogP contribution in [0.2, 0.25) is 0 Å². The van der Waals surface area contributed by atoms with Crippen LogP contribution < -0.4 is 19.9 Å². The van der Waals surface area contributed by atoms with Crippen LogP contribution >= 0.6 is 0 Å². The van der Waals surface area contributed by atoms with Gasteiger partial charge in [-0.05, 0) is 25.5 Å². The van der Waals surface area contributed by atoms with Gasteiger partial charge in [0.2, 0.25) is 11.8 Å². The number of anilines is 1. The molecule has 2 N–H and O–H groups in total. The molecular formula is C21H24N4O4. The van der Waals surface area contributed by atoms with Gasteiger partial charge in [-0.3, -0.25) is 0 Å². The number of aromatic nitrogens is 3. The summed E-state index contributed by atoms with van der Waals surface area (Å²) < 4.78 is 23.2. The first-order valence-corrected chi connectivity index (χ1v) is 9.54. The van der Waals surface area contributed by atoms with E-state index in [4.69, 9.17) is 24.7 Å². The van der Waals surface area contributed by atoms with Gasteiger partial charge in [0.05, 0.1) is 25.8 Å². The van der Waals surface area contributed by atoms with Gasteiger partial charge < -0.3 is 24.7 Å². The van der Waals surface area contributed by atoms with Crippen molar-refractivity contribution < 1.29 is 18.9 Å². The summed E-state index contributed by atoms with van der Waals surface area (Å²) in [6.45, 7) is 5.26. The number of hydrogen-bond acceptors (Lipinski definition) is 8. The minimum absolute atomic E-state index is 0.0426. The molecule has 29 heavy (non-hydrogen) atoms. The van der Waals surface area contributed by atoms with Crippen LogP contribution in [0.25, 0.3) is 10.9 Å². The van der Waals surface area contributed by atoms with Crippen LogP contribution in [0, 0.1) is 13.8 Å². The molecule has 0 unspecified atom stereocenters. The van der Waals surface area contributed by atoms with E-state index in [9.17, 15) is 0 Å². The van der Waals surface area contributed by atoms with Crippen molar-refractivity contribution in [1.29, 1.82) is 0 Å². The minimum atomic E-state index is 0.0426. The van der Waals surface area contributed by atoms with E-state index in [-0.39, 0.29) is 6.10 Å². The number of fused-ring (bicyclic) bond motifs is 1. The Morgan fingerprint density at radius 2 is 1.93 bits per heavy atom. The van der Waals surface area contributed by atoms with Gasteiger partial charge in [-0.1, -0.05) is 6.07 Å². The van der Waals surface area contributed by atoms with Gasteiger partial charge in [0.1, 0.15) is 35.1 Å². The molecule has 1 aliphatic heterocycles. The zero-order chi connectivity index (χ0) is 20.4. The molecule has 0 spiro atoms. The molecule has 1 aromatic carbocycles. The Morgan fingerprint density at radius 1 is 1.14 bits per heavy atom. The highest BCUT2D eigenvalue weighted by molar-refractivity contribution is 5.93. The highest BCUT2D eigenvalue weighted by Crippen LogP contribution is 2.38. The molecule has 0 atom stereocenters. The van der Waals surface area contributed by atoms with Crippen molar-refractivity contribution in [3.05, 3.63) is 35.7 Å². The third-order valence-corrected chi connectivity index (χ3v) is 5.02. The third-order valence-electron chi connectivity index (χ3n) is 5.02. The second-order valence-corrected chi connectivity index (χ2v) is 6.99. The van der Waals surface area contributed by atoms with Crippen LogP contribution in [0.1, 0.15) is 24.0 Å². The van der Waals surface area contributed by atoms with E-state index in [0.29, 0.717) is 47.4 Å². The van der Waals surface area contributed by atoms with Crippen LogP contribution in [-0.2, 0) is 4.74 Å². The number of nitrogen functional groups attached to an aromatic ring is 1. The van der Waals surface area contributed by atoms with Crippen LogP contribution in [-0.4, -0.2) is 41.4 Å². The Hall–Kier alpha value is -3.13. The maximum atomic E-state index is 6.25. The molecule has 8 heteroatoms. The van der Waals surface area contributed by atoms with Crippen LogP contribution in [0.15, 0.2) is 24.5 Å². The summed E-state index contributed by atoms with van der Waals surface area (Å²) >= 11 is 0. The molecule has 0 aliphatic carbocycles. The molecule has 2 aromatic heterocycles. The number of hydrogen-bond donors (Lipinski definition) is 1. The summed E-state index contributed by atoms with van der Waals surface area (Å²) in [5, 5.41) is 0.549. The van der Waals surface area contributed by atoms with Crippen molar-refractivity contribution in [3.8, 4) is 23.3 Å². The lowest BCUT2D eigenvalue weighted by Gasteiger charge is -2.23. The molecule has 152 valence electrons. The van der Waals surface area contributed by atoms with Crippen molar-refractivity contribution in [2.24, 2.45) is 0 Å². The van der Waals surface area contributed by atoms with Gasteiger partial charge in [-0.2, -0.15) is 4.98 Å². The number of pyridine rings is 1. The molecule has 1 fully saturated rings. The van der Waals surface area contributed by atoms with Gasteiger partial charge in [0.15, 0.2) is 0 Å². The Kier molecular flexibility index (Phi) is 5.35. The lowest BCUT2D eigenvalue weighted by molar-refractivity contribution is 0.0236. The summed E-state index contributed by atoms with van der Waals surface area (Å²) in [6, 6.07) is 5.61. The average molecular weight is 396 g/mol. The molecule has 0 amide bonds. The average Bonchev–Trinajstić information content (AvgIpc) is 2.72. The quantitative estimate of drug-likeness (QED) is 0.698. The zero-order valence-corrected chi connectivity index (χ0v) is 16.8. The number of benzene rings is 1. The first-order valence-electron chi connectivity index (χ1n) is 9.54. The molecule has 8 nitrogen and oxygen atoms in total. The summed E-state index contributed by atoms with van der Waals surface area (Å²) in [4.78, 5) is 13.0. The van der Waals surface area contributed by atoms with Gasteiger partial charge in [-0.25, -0.2) is 9.97 Å². The van der Waals surface area contributed by atoms with E-state index < -0.39 is 0 Å². The van der Waals surface area contributed by atoms with Crippen molar-refractivity contribution in [2.45, 2.75) is 32.8 Å². The standard InChI is InChI=1S/C21H24N4O4/c1-12-4-5-16(26-3)13(2)19(12)29-21-18-15(23-11-24-20(18)22)10-17(25-21)28-14-6-8-27-9-7-14/h4-5,10-11,14H,6-9H2,1-3H3,(H2,22,23,24). The number of aryl methyl sites for hydroxylation is 1. The molecule has 1 saturated heterocycles. The minimum Gasteiger partial charge on any atom is -0.496 e. The maximum Gasteiger partial charge on any atom is 0.235 e. The van der Waals surface area contributed by atoms with E-state index in [1.807, 2.05) is 26.0 Å². The smallest absolute Gasteiger partial charge is 0.235 e. The largest absolute Gasteiger partial charge is 0.496 e. The number of rotatable bonds is 5. The zero-order valence-electron chi connectivity index (χ0n) is 16.8. The summed E-state index contributed by atoms with van der Waals surface area (Å²) in [5.41, 5.74) is 8.56. The SMILES string of the molecule is COc1ccc(C)c(Oc2nc(OC3CCOCC3)cc3ncnc(N)c23)c1C. The highest BCUT2D eigenvalue weighted by Gasteiger charge is 2.20. The van der Waals surface area contributed by atoms with Crippen molar-refractivity contribution in [3.63, 3.8) is 0 Å². The molecule has 3 heterocycles. The number of methoxy groups -OCH3 is 1. The molecule has 0 radical (unpaired) electrons. The van der Waals surface area contributed by atoms with Crippen molar-refractivity contribution in [2.75, 3.05) is 26.1 Å². The molecule has 0 bridgehead atoms. The lowest BCUT2D eigenvalue weighted by atomic mass is 10.1. The fraction of sp³-hybridized carbons (Fsp3) is 0.381. The Balaban J connectivity index is 1.78. The van der Waals surface area contributed by atoms with E-state index in [0.717, 1.165) is 29.7 Å². The first-order chi connectivity index (χ1) is 14.1. The Morgan fingerprint density at radius 3 is 2.69 bits per heavy atom. The van der Waals surface area contributed by atoms with E-state index in [1.54, 1.807) is 13.2 Å². The maximum absolute atomic E-state index is 6.25. The molecular weight excluding hydrogens is 372 g/mol. The highest BCUT2D eigenvalue weighted by atomic mass is 16.5. The number of nitrogens with zero attached hydrogens (tertiary/aromatic N) is 3. The molecule has 0 saturated carbocycles. The molecule has 1 aliphatic rings. The third kappa shape index (κ3) is 3.88. The predicted octanol–water partition coefficient (Wildman–Crippen LogP) is 3.58. The fourth-order valence-electron chi connectivity index (χ4n) is 3.43. The fourth-order valence-corrected chi connectivity index (χ4v) is 3.43. The van der Waals surface area contributed by atoms with Gasteiger partial charge in [0.25, 0.3) is 0 Å². The van der Waals surface area contributed by atoms with E-state index in [2.05, 4.69) is 15.0 Å². The monoisotopic (exact) mass is 396 g/mol. The van der Waals surface area contributed by atoms with Crippen LogP contribution in [0.3, 0.4) is 0 Å². The van der Waals surface area contributed by atoms with Crippen molar-refractivity contribution in [1.82, 2.24) is 15.0 Å². The Bertz CT molecular complexity index is 1030. The summed E-state index contributed by atoms with van der Waals surface area (Å²) in [7, 11) is 1.63. The second kappa shape index (κ2) is 8.08. The van der Waals surface area contributed by atoms with Crippen LogP contribution in [0.4, 0.5) is 5.82 Å². The van der Waals surface area contributed by atoms with Gasteiger partial charge in [0, 0.05) is 24.5 Å². The van der Waals surface area contributed by atoms with Gasteiger partial charge >= 0.3 is 0 Å². The summed E-state index contributed by atoms with van der Waals surface area (Å²) in [6.07, 6.45) is 3.09. The second-order valence-electron chi connectivity index (χ2n) is 6.99. The summed E-state index contributed by atoms with van der Waals surface area (Å²) in [5.74, 6) is 2.43. The Labute approximate surface area is 169 Å². The normalized spacial score (nSPS) is 14.7. The van der Waals surface area contributed by atoms with Crippen LogP contribution in [0.5, 0.6) is 23.3 Å². The lowest BCUT2D eigenvalue weighted by Crippen LogP contribution is -2.26. The topological polar surface area (TPSA) is 102 Å². The molecule has 3 aromatic rings.